The molecule has 10 heteroatoms. The van der Waals surface area contributed by atoms with Gasteiger partial charge in [0.2, 0.25) is 21.4 Å². The molecule has 1 aromatic rings. The molecule has 1 atom stereocenters. The number of carbonyl (C=O) groups excluding carboxylic acids is 2. The van der Waals surface area contributed by atoms with E-state index in [0.717, 1.165) is 11.2 Å². The smallest absolute Gasteiger partial charge is 0.308 e. The summed E-state index contributed by atoms with van der Waals surface area (Å²) in [7, 11) is 0.317. The Morgan fingerprint density at radius 2 is 1.89 bits per heavy atom. The predicted molar refractivity (Wildman–Crippen MR) is 99.0 cm³/mol. The van der Waals surface area contributed by atoms with Crippen molar-refractivity contribution in [1.82, 2.24) is 4.31 Å². The van der Waals surface area contributed by atoms with Gasteiger partial charge >= 0.3 is 5.97 Å². The second-order valence-electron chi connectivity index (χ2n) is 6.13. The third-order valence-corrected chi connectivity index (χ3v) is 6.10. The molecule has 0 saturated carbocycles. The van der Waals surface area contributed by atoms with Gasteiger partial charge in [-0.2, -0.15) is 0 Å². The van der Waals surface area contributed by atoms with E-state index in [4.69, 9.17) is 18.9 Å². The van der Waals surface area contributed by atoms with Gasteiger partial charge in [0, 0.05) is 19.5 Å². The van der Waals surface area contributed by atoms with Crippen LogP contribution in [0.2, 0.25) is 0 Å². The number of benzene rings is 1. The minimum atomic E-state index is -3.78. The molecule has 28 heavy (non-hydrogen) atoms. The first-order valence-corrected chi connectivity index (χ1v) is 9.98. The maximum Gasteiger partial charge on any atom is 0.308 e. The highest BCUT2D eigenvalue weighted by Gasteiger charge is 2.53. The SMILES string of the molecule is CCS(=O)(=O)N(C)C1=C(OC(C)=O)C(=O)C(C)(c2cc(OC)ccc2OC)O1. The number of nitrogens with zero attached hydrogens (tertiary/aromatic N) is 1. The van der Waals surface area contributed by atoms with Crippen LogP contribution in [0, 0.1) is 0 Å². The molecular formula is C18H23NO8S. The van der Waals surface area contributed by atoms with Gasteiger partial charge in [-0.05, 0) is 32.0 Å². The van der Waals surface area contributed by atoms with E-state index in [0.29, 0.717) is 17.1 Å². The van der Waals surface area contributed by atoms with Crippen LogP contribution in [-0.4, -0.2) is 51.5 Å². The normalized spacial score (nSPS) is 19.3. The summed E-state index contributed by atoms with van der Waals surface area (Å²) in [6.07, 6.45) is 0. The largest absolute Gasteiger partial charge is 0.497 e. The third kappa shape index (κ3) is 3.64. The van der Waals surface area contributed by atoms with E-state index < -0.39 is 33.1 Å². The molecule has 0 N–H and O–H groups in total. The first kappa shape index (κ1) is 21.5. The Kier molecular flexibility index (Phi) is 5.93. The van der Waals surface area contributed by atoms with Crippen LogP contribution >= 0.6 is 0 Å². The molecule has 9 nitrogen and oxygen atoms in total. The summed E-state index contributed by atoms with van der Waals surface area (Å²) in [6, 6.07) is 4.77. The van der Waals surface area contributed by atoms with Crippen molar-refractivity contribution in [1.29, 1.82) is 0 Å². The Hall–Kier alpha value is -2.75. The molecule has 0 aliphatic carbocycles. The molecule has 2 rings (SSSR count). The lowest BCUT2D eigenvalue weighted by Crippen LogP contribution is -2.33. The van der Waals surface area contributed by atoms with E-state index >= 15 is 0 Å². The topological polar surface area (TPSA) is 108 Å². The molecule has 0 radical (unpaired) electrons. The third-order valence-electron chi connectivity index (χ3n) is 4.37. The average Bonchev–Trinajstić information content (AvgIpc) is 2.92. The van der Waals surface area contributed by atoms with Crippen molar-refractivity contribution in [2.75, 3.05) is 27.0 Å². The Morgan fingerprint density at radius 3 is 2.39 bits per heavy atom. The van der Waals surface area contributed by atoms with Crippen molar-refractivity contribution in [2.24, 2.45) is 0 Å². The molecular weight excluding hydrogens is 390 g/mol. The maximum atomic E-state index is 13.2. The molecule has 0 bridgehead atoms. The highest BCUT2D eigenvalue weighted by molar-refractivity contribution is 7.89. The molecule has 1 aliphatic rings. The van der Waals surface area contributed by atoms with Crippen molar-refractivity contribution < 1.29 is 37.0 Å². The van der Waals surface area contributed by atoms with Gasteiger partial charge in [0.05, 0.1) is 20.0 Å². The number of hydrogen-bond acceptors (Lipinski definition) is 8. The van der Waals surface area contributed by atoms with E-state index in [2.05, 4.69) is 0 Å². The van der Waals surface area contributed by atoms with Crippen molar-refractivity contribution >= 4 is 21.8 Å². The monoisotopic (exact) mass is 413 g/mol. The van der Waals surface area contributed by atoms with Crippen molar-refractivity contribution in [3.63, 3.8) is 0 Å². The lowest BCUT2D eigenvalue weighted by Gasteiger charge is -2.27. The second kappa shape index (κ2) is 7.70. The summed E-state index contributed by atoms with van der Waals surface area (Å²) in [5.41, 5.74) is -1.40. The predicted octanol–water partition coefficient (Wildman–Crippen LogP) is 1.53. The van der Waals surface area contributed by atoms with Gasteiger partial charge in [-0.3, -0.25) is 9.59 Å². The zero-order valence-corrected chi connectivity index (χ0v) is 17.4. The van der Waals surface area contributed by atoms with Crippen LogP contribution in [0.15, 0.2) is 29.8 Å². The average molecular weight is 413 g/mol. The minimum Gasteiger partial charge on any atom is -0.497 e. The van der Waals surface area contributed by atoms with Crippen LogP contribution in [0.4, 0.5) is 0 Å². The number of Topliss-reactive ketones (excluding diaryl/α,β-unsaturated/α-hetero) is 1. The molecule has 1 unspecified atom stereocenters. The summed E-state index contributed by atoms with van der Waals surface area (Å²) in [5, 5.41) is 0. The highest BCUT2D eigenvalue weighted by Crippen LogP contribution is 2.45. The molecule has 1 aromatic carbocycles. The fourth-order valence-corrected chi connectivity index (χ4v) is 3.49. The fourth-order valence-electron chi connectivity index (χ4n) is 2.72. The first-order valence-electron chi connectivity index (χ1n) is 8.37. The lowest BCUT2D eigenvalue weighted by molar-refractivity contribution is -0.142. The summed E-state index contributed by atoms with van der Waals surface area (Å²) in [6.45, 7) is 3.99. The van der Waals surface area contributed by atoms with E-state index in [1.54, 1.807) is 18.2 Å². The molecule has 1 heterocycles. The highest BCUT2D eigenvalue weighted by atomic mass is 32.2. The van der Waals surface area contributed by atoms with Crippen molar-refractivity contribution in [3.8, 4) is 11.5 Å². The summed E-state index contributed by atoms with van der Waals surface area (Å²) in [4.78, 5) is 24.7. The van der Waals surface area contributed by atoms with Crippen LogP contribution in [0.25, 0.3) is 0 Å². The van der Waals surface area contributed by atoms with Gasteiger partial charge in [0.15, 0.2) is 0 Å². The van der Waals surface area contributed by atoms with Gasteiger partial charge < -0.3 is 18.9 Å². The quantitative estimate of drug-likeness (QED) is 0.619. The minimum absolute atomic E-state index is 0.239. The van der Waals surface area contributed by atoms with E-state index in [-0.39, 0.29) is 11.6 Å². The molecule has 0 amide bonds. The number of methoxy groups -OCH3 is 2. The Balaban J connectivity index is 2.65. The molecule has 0 fully saturated rings. The number of ketones is 1. The van der Waals surface area contributed by atoms with Gasteiger partial charge in [-0.25, -0.2) is 12.7 Å². The van der Waals surface area contributed by atoms with E-state index in [1.807, 2.05) is 0 Å². The van der Waals surface area contributed by atoms with Crippen LogP contribution < -0.4 is 9.47 Å². The number of rotatable bonds is 7. The Labute approximate surface area is 163 Å². The van der Waals surface area contributed by atoms with Crippen LogP contribution in [-0.2, 0) is 34.7 Å². The van der Waals surface area contributed by atoms with Crippen LogP contribution in [0.1, 0.15) is 26.3 Å². The zero-order chi connectivity index (χ0) is 21.3. The number of ether oxygens (including phenoxy) is 4. The summed E-state index contributed by atoms with van der Waals surface area (Å²) < 4.78 is 46.8. The Morgan fingerprint density at radius 1 is 1.25 bits per heavy atom. The standard InChI is InChI=1S/C18H23NO8S/c1-7-28(22,23)19(4)17-15(26-11(2)20)16(21)18(3,27-17)13-10-12(24-5)8-9-14(13)25-6/h8-10H,7H2,1-6H3. The zero-order valence-electron chi connectivity index (χ0n) is 16.6. The van der Waals surface area contributed by atoms with Gasteiger partial charge in [0.1, 0.15) is 11.5 Å². The number of carbonyl (C=O) groups is 2. The Bertz CT molecular complexity index is 937. The van der Waals surface area contributed by atoms with Gasteiger partial charge in [-0.15, -0.1) is 0 Å². The van der Waals surface area contributed by atoms with Gasteiger partial charge in [0.25, 0.3) is 11.7 Å². The van der Waals surface area contributed by atoms with E-state index in [9.17, 15) is 18.0 Å². The van der Waals surface area contributed by atoms with Gasteiger partial charge in [-0.1, -0.05) is 0 Å². The molecule has 0 aromatic heterocycles. The molecule has 0 saturated heterocycles. The van der Waals surface area contributed by atoms with Crippen molar-refractivity contribution in [2.45, 2.75) is 26.4 Å². The van der Waals surface area contributed by atoms with Crippen molar-refractivity contribution in [3.05, 3.63) is 35.4 Å². The maximum absolute atomic E-state index is 13.2. The van der Waals surface area contributed by atoms with Crippen LogP contribution in [0.3, 0.4) is 0 Å². The second-order valence-corrected chi connectivity index (χ2v) is 8.42. The molecule has 1 aliphatic heterocycles. The number of esters is 1. The van der Waals surface area contributed by atoms with E-state index in [1.165, 1.54) is 35.1 Å². The molecule has 154 valence electrons. The lowest BCUT2D eigenvalue weighted by atomic mass is 9.90. The number of sulfonamides is 1. The van der Waals surface area contributed by atoms with Crippen LogP contribution in [0.5, 0.6) is 11.5 Å². The summed E-state index contributed by atoms with van der Waals surface area (Å²) in [5.74, 6) is -1.84. The summed E-state index contributed by atoms with van der Waals surface area (Å²) >= 11 is 0. The number of hydrogen-bond donors (Lipinski definition) is 0. The fraction of sp³-hybridized carbons (Fsp3) is 0.444. The first-order chi connectivity index (χ1) is 13.0. The molecule has 0 spiro atoms.